The van der Waals surface area contributed by atoms with Gasteiger partial charge in [-0.3, -0.25) is 4.40 Å². The Hall–Kier alpha value is -5.41. The predicted molar refractivity (Wildman–Crippen MR) is 238 cm³/mol. The van der Waals surface area contributed by atoms with E-state index in [0.717, 1.165) is 64.5 Å². The number of rotatable bonds is 5. The molecular weight excluding hydrogens is 721 g/mol. The molecule has 0 bridgehead atoms. The Bertz CT molecular complexity index is 3100. The lowest BCUT2D eigenvalue weighted by Crippen LogP contribution is -2.76. The summed E-state index contributed by atoms with van der Waals surface area (Å²) in [6.45, 7) is 1.13. The van der Waals surface area contributed by atoms with Crippen molar-refractivity contribution in [3.8, 4) is 11.1 Å². The second kappa shape index (κ2) is 12.6. The fourth-order valence-corrected chi connectivity index (χ4v) is 18.4. The van der Waals surface area contributed by atoms with Crippen molar-refractivity contribution in [1.82, 2.24) is 9.38 Å². The highest BCUT2D eigenvalue weighted by Gasteiger charge is 2.46. The number of hydrogen-bond acceptors (Lipinski definition) is 3. The molecule has 7 aromatic carbocycles. The molecule has 9 aromatic rings. The van der Waals surface area contributed by atoms with Gasteiger partial charge in [0, 0.05) is 23.6 Å². The summed E-state index contributed by atoms with van der Waals surface area (Å²) in [5.41, 5.74) is 6.40. The number of aromatic nitrogens is 2. The maximum atomic E-state index is 9.18. The predicted octanol–water partition coefficient (Wildman–Crippen LogP) is 8.86. The summed E-state index contributed by atoms with van der Waals surface area (Å²) in [5, 5.41) is 5.14. The minimum Gasteiger partial charge on any atom is -0.423 e. The molecule has 55 heavy (non-hydrogen) atoms. The summed E-state index contributed by atoms with van der Waals surface area (Å²) < 4.78 is 63.4. The molecule has 0 atom stereocenters. The molecule has 2 aromatic heterocycles. The van der Waals surface area contributed by atoms with Crippen molar-refractivity contribution < 1.29 is 12.6 Å². The first-order valence-electron chi connectivity index (χ1n) is 21.6. The van der Waals surface area contributed by atoms with Crippen LogP contribution in [0.1, 0.15) is 34.6 Å². The topological polar surface area (TPSA) is 30.4 Å². The lowest BCUT2D eigenvalue weighted by atomic mass is 9.81. The number of para-hydroxylation sites is 3. The van der Waals surface area contributed by atoms with Crippen LogP contribution in [0, 0.1) is 0 Å². The molecule has 1 aliphatic heterocycles. The molecular formula is C49H42N2OSSi2. The van der Waals surface area contributed by atoms with E-state index in [0.29, 0.717) is 21.1 Å². The average molecular weight is 769 g/mol. The lowest BCUT2D eigenvalue weighted by molar-refractivity contribution is 0.592. The van der Waals surface area contributed by atoms with Crippen molar-refractivity contribution in [2.24, 2.45) is 0 Å². The molecule has 0 N–H and O–H groups in total. The largest absolute Gasteiger partial charge is 0.423 e. The van der Waals surface area contributed by atoms with Crippen LogP contribution in [0.4, 0.5) is 0 Å². The molecule has 0 saturated carbocycles. The Labute approximate surface area is 337 Å². The first-order chi connectivity index (χ1) is 29.2. The van der Waals surface area contributed by atoms with Crippen LogP contribution in [0.25, 0.3) is 39.1 Å². The Kier molecular flexibility index (Phi) is 6.41. The quantitative estimate of drug-likeness (QED) is 0.130. The van der Waals surface area contributed by atoms with Crippen molar-refractivity contribution in [2.75, 3.05) is 0 Å². The number of hydrogen-bond donors (Lipinski definition) is 0. The van der Waals surface area contributed by atoms with Gasteiger partial charge >= 0.3 is 5.84 Å². The van der Waals surface area contributed by atoms with Crippen LogP contribution in [0.3, 0.4) is 0 Å². The van der Waals surface area contributed by atoms with Crippen LogP contribution < -0.4 is 31.1 Å². The highest BCUT2D eigenvalue weighted by atomic mass is 32.2. The molecule has 0 unspecified atom stereocenters. The number of fused-ring (bicyclic) bond motifs is 7. The van der Waals surface area contributed by atoms with Crippen molar-refractivity contribution in [2.45, 2.75) is 48.9 Å². The Balaban J connectivity index is 1.34. The van der Waals surface area contributed by atoms with Gasteiger partial charge in [-0.2, -0.15) is 4.98 Å². The van der Waals surface area contributed by atoms with Crippen molar-refractivity contribution in [1.29, 1.82) is 0 Å². The second-order valence-electron chi connectivity index (χ2n) is 15.5. The van der Waals surface area contributed by atoms with Gasteiger partial charge in [-0.25, -0.2) is 0 Å². The molecule has 0 spiro atoms. The first kappa shape index (κ1) is 28.1. The van der Waals surface area contributed by atoms with Gasteiger partial charge in [0.2, 0.25) is 0 Å². The summed E-state index contributed by atoms with van der Waals surface area (Å²) >= 11 is 1.51. The Morgan fingerprint density at radius 3 is 2.04 bits per heavy atom. The maximum absolute atomic E-state index is 9.18. The van der Waals surface area contributed by atoms with Crippen molar-refractivity contribution >= 4 is 87.0 Å². The minimum absolute atomic E-state index is 0.263. The third-order valence-corrected chi connectivity index (χ3v) is 20.3. The maximum Gasteiger partial charge on any atom is 0.307 e. The zero-order valence-electron chi connectivity index (χ0n) is 36.8. The van der Waals surface area contributed by atoms with E-state index in [9.17, 15) is 8.22 Å². The molecule has 1 aliphatic rings. The summed E-state index contributed by atoms with van der Waals surface area (Å²) in [7, 11) is -7.98. The number of nitrogens with zero attached hydrogens (tertiary/aromatic N) is 2. The molecule has 0 radical (unpaired) electrons. The van der Waals surface area contributed by atoms with E-state index in [4.69, 9.17) is 9.40 Å². The van der Waals surface area contributed by atoms with E-state index in [1.807, 2.05) is 54.6 Å². The van der Waals surface area contributed by atoms with Gasteiger partial charge in [0.15, 0.2) is 13.7 Å². The standard InChI is InChI=1S/C49H42N2OSSi2/c1-49(2,3)38-31-30-35(32-37(38)36-22-16-24-40-46(36)50-48-51(40)39-23-12-13-25-41(39)52-48)55(33-18-8-6-9-19-33,34-20-10-7-11-21-34)45-29-17-28-44-47(45)53-42-26-14-15-27-43(42)54(44,4)5/h6-32H,1-5H3/i4D3,5D3. The molecule has 10 rings (SSSR count). The van der Waals surface area contributed by atoms with Crippen LogP contribution in [0.15, 0.2) is 178 Å². The third-order valence-electron chi connectivity index (χ3n) is 11.3. The third kappa shape index (κ3) is 5.12. The van der Waals surface area contributed by atoms with Crippen LogP contribution >= 0.6 is 11.8 Å². The molecule has 6 heteroatoms. The van der Waals surface area contributed by atoms with Gasteiger partial charge in [0.05, 0.1) is 11.0 Å². The number of oxazole rings is 1. The lowest BCUT2D eigenvalue weighted by Gasteiger charge is -2.40. The van der Waals surface area contributed by atoms with E-state index in [1.165, 1.54) is 11.8 Å². The van der Waals surface area contributed by atoms with Gasteiger partial charge in [0.1, 0.15) is 13.6 Å². The molecule has 0 amide bonds. The van der Waals surface area contributed by atoms with Gasteiger partial charge < -0.3 is 4.42 Å². The average Bonchev–Trinajstić information content (AvgIpc) is 3.79. The highest BCUT2D eigenvalue weighted by molar-refractivity contribution is 8.00. The molecule has 268 valence electrons. The zero-order valence-corrected chi connectivity index (χ0v) is 33.6. The molecule has 3 nitrogen and oxygen atoms in total. The normalized spacial score (nSPS) is 16.1. The highest BCUT2D eigenvalue weighted by Crippen LogP contribution is 2.39. The smallest absolute Gasteiger partial charge is 0.307 e. The van der Waals surface area contributed by atoms with E-state index in [2.05, 4.69) is 116 Å². The van der Waals surface area contributed by atoms with Gasteiger partial charge in [-0.05, 0) is 71.9 Å². The summed E-state index contributed by atoms with van der Waals surface area (Å²) in [5.74, 6) is 0.527. The fourth-order valence-electron chi connectivity index (χ4n) is 8.78. The van der Waals surface area contributed by atoms with Crippen molar-refractivity contribution in [3.63, 3.8) is 0 Å². The SMILES string of the molecule is [2H]C([2H])([2H])[Si]1(C([2H])([2H])[2H])c2ccccc2Sc2c([Si](c3ccccc3)(c3ccccc3)c3ccc(C(C)(C)C)c(-c4cccc5c4nc4oc6ccccc6n45)c3)cccc21. The van der Waals surface area contributed by atoms with Crippen LogP contribution in [0.2, 0.25) is 13.0 Å². The first-order valence-corrected chi connectivity index (χ1v) is 23.5. The number of benzene rings is 7. The molecule has 0 fully saturated rings. The van der Waals surface area contributed by atoms with E-state index in [-0.39, 0.29) is 5.41 Å². The monoisotopic (exact) mass is 768 g/mol. The van der Waals surface area contributed by atoms with Crippen LogP contribution in [0.5, 0.6) is 0 Å². The van der Waals surface area contributed by atoms with E-state index >= 15 is 0 Å². The molecule has 3 heterocycles. The van der Waals surface area contributed by atoms with Crippen LogP contribution in [-0.2, 0) is 5.41 Å². The van der Waals surface area contributed by atoms with Gasteiger partial charge in [-0.1, -0.05) is 185 Å². The zero-order chi connectivity index (χ0) is 42.5. The van der Waals surface area contributed by atoms with Gasteiger partial charge in [-0.15, -0.1) is 0 Å². The molecule has 0 saturated heterocycles. The Morgan fingerprint density at radius 1 is 0.636 bits per heavy atom. The number of imidazole rings is 1. The second-order valence-corrected chi connectivity index (χ2v) is 22.9. The summed E-state index contributed by atoms with van der Waals surface area (Å²) in [6, 6.07) is 55.4. The van der Waals surface area contributed by atoms with Gasteiger partial charge in [0.25, 0.3) is 0 Å². The summed E-state index contributed by atoms with van der Waals surface area (Å²) in [6.07, 6.45) is 0. The van der Waals surface area contributed by atoms with Crippen LogP contribution in [-0.4, -0.2) is 25.5 Å². The minimum atomic E-state index is -4.52. The van der Waals surface area contributed by atoms with E-state index in [1.54, 1.807) is 18.2 Å². The fraction of sp³-hybridized carbons (Fsp3) is 0.122. The van der Waals surface area contributed by atoms with Crippen molar-refractivity contribution in [3.05, 3.63) is 169 Å². The summed E-state index contributed by atoms with van der Waals surface area (Å²) in [4.78, 5) is 6.59. The molecule has 0 aliphatic carbocycles. The van der Waals surface area contributed by atoms with E-state index < -0.39 is 29.1 Å². The Morgan fingerprint density at radius 2 is 1.29 bits per heavy atom.